The number of halogens is 1. The van der Waals surface area contributed by atoms with Gasteiger partial charge in [0.2, 0.25) is 5.96 Å². The van der Waals surface area contributed by atoms with Crippen LogP contribution in [0.2, 0.25) is 0 Å². The van der Waals surface area contributed by atoms with E-state index in [1.165, 1.54) is 5.56 Å². The van der Waals surface area contributed by atoms with Gasteiger partial charge in [-0.25, -0.2) is 5.84 Å². The molecule has 0 amide bonds. The maximum absolute atomic E-state index is 5.48. The van der Waals surface area contributed by atoms with Crippen LogP contribution in [-0.4, -0.2) is 12.5 Å². The number of nitrogens with zero attached hydrogens (tertiary/aromatic N) is 1. The van der Waals surface area contributed by atoms with Crippen molar-refractivity contribution in [3.05, 3.63) is 27.7 Å². The Balaban J connectivity index is 2.92. The summed E-state index contributed by atoms with van der Waals surface area (Å²) < 4.78 is 1.01. The molecule has 0 fully saturated rings. The first-order valence-electron chi connectivity index (χ1n) is 5.99. The average molecular weight is 313 g/mol. The van der Waals surface area contributed by atoms with Gasteiger partial charge in [0.25, 0.3) is 0 Å². The Hall–Kier alpha value is -1.07. The van der Waals surface area contributed by atoms with Crippen LogP contribution < -0.4 is 16.6 Å². The first-order valence-corrected chi connectivity index (χ1v) is 6.78. The summed E-state index contributed by atoms with van der Waals surface area (Å²) in [7, 11) is 0. The van der Waals surface area contributed by atoms with Crippen molar-refractivity contribution < 1.29 is 0 Å². The first-order chi connectivity index (χ1) is 8.43. The van der Waals surface area contributed by atoms with Gasteiger partial charge < -0.3 is 5.32 Å². The van der Waals surface area contributed by atoms with E-state index in [1.807, 2.05) is 0 Å². The zero-order valence-corrected chi connectivity index (χ0v) is 12.9. The molecule has 1 aromatic carbocycles. The zero-order chi connectivity index (χ0) is 13.7. The first kappa shape index (κ1) is 15.0. The topological polar surface area (TPSA) is 62.4 Å². The van der Waals surface area contributed by atoms with Gasteiger partial charge in [-0.15, -0.1) is 0 Å². The second-order valence-corrected chi connectivity index (χ2v) is 5.65. The van der Waals surface area contributed by atoms with Crippen LogP contribution in [0, 0.1) is 19.8 Å². The van der Waals surface area contributed by atoms with E-state index < -0.39 is 0 Å². The van der Waals surface area contributed by atoms with Crippen LogP contribution in [-0.2, 0) is 0 Å². The smallest absolute Gasteiger partial charge is 0.210 e. The number of aliphatic imine (C=N–C) groups is 1. The predicted molar refractivity (Wildman–Crippen MR) is 81.7 cm³/mol. The van der Waals surface area contributed by atoms with Crippen LogP contribution in [0.15, 0.2) is 21.6 Å². The van der Waals surface area contributed by atoms with E-state index in [9.17, 15) is 0 Å². The average Bonchev–Trinajstić information content (AvgIpc) is 2.26. The van der Waals surface area contributed by atoms with Gasteiger partial charge in [-0.1, -0.05) is 19.9 Å². The molecule has 0 spiro atoms. The van der Waals surface area contributed by atoms with Gasteiger partial charge in [-0.2, -0.15) is 0 Å². The lowest BCUT2D eigenvalue weighted by Gasteiger charge is -2.14. The highest BCUT2D eigenvalue weighted by Crippen LogP contribution is 2.27. The summed E-state index contributed by atoms with van der Waals surface area (Å²) in [5.41, 5.74) is 5.94. The summed E-state index contributed by atoms with van der Waals surface area (Å²) in [5.74, 6) is 6.56. The lowest BCUT2D eigenvalue weighted by molar-refractivity contribution is 0.663. The molecule has 0 radical (unpaired) electrons. The summed E-state index contributed by atoms with van der Waals surface area (Å²) in [4.78, 5) is 4.39. The number of rotatable bonds is 3. The summed E-state index contributed by atoms with van der Waals surface area (Å²) in [6.45, 7) is 9.08. The number of nitrogens with two attached hydrogens (primary N) is 1. The van der Waals surface area contributed by atoms with Crippen LogP contribution in [0.4, 0.5) is 5.69 Å². The van der Waals surface area contributed by atoms with Crippen LogP contribution in [0.5, 0.6) is 0 Å². The number of anilines is 1. The molecule has 0 aliphatic carbocycles. The molecule has 0 aromatic heterocycles. The molecule has 4 nitrogen and oxygen atoms in total. The van der Waals surface area contributed by atoms with Gasteiger partial charge in [-0.3, -0.25) is 10.4 Å². The molecule has 0 aliphatic heterocycles. The van der Waals surface area contributed by atoms with Crippen molar-refractivity contribution in [1.82, 2.24) is 5.43 Å². The molecular formula is C13H21BrN4. The highest BCUT2D eigenvalue weighted by Gasteiger charge is 2.07. The van der Waals surface area contributed by atoms with Crippen LogP contribution in [0.1, 0.15) is 25.0 Å². The largest absolute Gasteiger partial charge is 0.324 e. The number of aryl methyl sites for hydroxylation is 2. The fourth-order valence-corrected chi connectivity index (χ4v) is 2.36. The third kappa shape index (κ3) is 4.31. The Morgan fingerprint density at radius 2 is 2.06 bits per heavy atom. The van der Waals surface area contributed by atoms with E-state index in [2.05, 4.69) is 71.5 Å². The molecule has 0 heterocycles. The van der Waals surface area contributed by atoms with E-state index >= 15 is 0 Å². The van der Waals surface area contributed by atoms with Crippen LogP contribution >= 0.6 is 15.9 Å². The van der Waals surface area contributed by atoms with Gasteiger partial charge in [0, 0.05) is 11.0 Å². The second-order valence-electron chi connectivity index (χ2n) is 4.79. The summed E-state index contributed by atoms with van der Waals surface area (Å²) in [6, 6.07) is 4.18. The summed E-state index contributed by atoms with van der Waals surface area (Å²) in [6.07, 6.45) is 0. The van der Waals surface area contributed by atoms with Crippen molar-refractivity contribution in [2.24, 2.45) is 16.8 Å². The number of benzene rings is 1. The lowest BCUT2D eigenvalue weighted by atomic mass is 10.1. The molecule has 0 bridgehead atoms. The molecule has 0 unspecified atom stereocenters. The predicted octanol–water partition coefficient (Wildman–Crippen LogP) is 2.95. The van der Waals surface area contributed by atoms with Crippen LogP contribution in [0.3, 0.4) is 0 Å². The SMILES string of the molecule is Cc1cc(C)c(NC(=NCC(C)C)NN)c(Br)c1. The summed E-state index contributed by atoms with van der Waals surface area (Å²) >= 11 is 3.55. The number of nitrogens with one attached hydrogen (secondary N) is 2. The standard InChI is InChI=1S/C13H21BrN4/c1-8(2)7-16-13(18-15)17-12-10(4)5-9(3)6-11(12)14/h5-6,8H,7,15H2,1-4H3,(H2,16,17,18). The molecule has 0 aliphatic rings. The van der Waals surface area contributed by atoms with E-state index in [0.717, 1.165) is 22.3 Å². The van der Waals surface area contributed by atoms with E-state index in [-0.39, 0.29) is 0 Å². The minimum absolute atomic E-state index is 0.498. The van der Waals surface area contributed by atoms with Crippen molar-refractivity contribution in [3.63, 3.8) is 0 Å². The Morgan fingerprint density at radius 1 is 1.39 bits per heavy atom. The van der Waals surface area contributed by atoms with Crippen molar-refractivity contribution in [2.75, 3.05) is 11.9 Å². The minimum atomic E-state index is 0.498. The van der Waals surface area contributed by atoms with E-state index in [0.29, 0.717) is 11.9 Å². The highest BCUT2D eigenvalue weighted by atomic mass is 79.9. The van der Waals surface area contributed by atoms with E-state index in [1.54, 1.807) is 0 Å². The van der Waals surface area contributed by atoms with Gasteiger partial charge in [0.05, 0.1) is 5.69 Å². The molecular weight excluding hydrogens is 292 g/mol. The molecule has 1 aromatic rings. The maximum atomic E-state index is 5.48. The van der Waals surface area contributed by atoms with Crippen molar-refractivity contribution >= 4 is 27.6 Å². The number of hydrogen-bond acceptors (Lipinski definition) is 2. The van der Waals surface area contributed by atoms with Gasteiger partial charge in [0.15, 0.2) is 0 Å². The van der Waals surface area contributed by atoms with Gasteiger partial charge in [-0.05, 0) is 52.9 Å². The zero-order valence-electron chi connectivity index (χ0n) is 11.3. The number of hydrogen-bond donors (Lipinski definition) is 3. The third-order valence-corrected chi connectivity index (χ3v) is 3.05. The third-order valence-electron chi connectivity index (χ3n) is 2.43. The van der Waals surface area contributed by atoms with Crippen LogP contribution in [0.25, 0.3) is 0 Å². The van der Waals surface area contributed by atoms with E-state index in [4.69, 9.17) is 5.84 Å². The Bertz CT molecular complexity index is 418. The van der Waals surface area contributed by atoms with Gasteiger partial charge >= 0.3 is 0 Å². The Labute approximate surface area is 117 Å². The highest BCUT2D eigenvalue weighted by molar-refractivity contribution is 9.10. The normalized spacial score (nSPS) is 11.8. The fraction of sp³-hybridized carbons (Fsp3) is 0.462. The molecule has 0 atom stereocenters. The Morgan fingerprint density at radius 3 is 2.56 bits per heavy atom. The molecule has 1 rings (SSSR count). The molecule has 0 saturated heterocycles. The maximum Gasteiger partial charge on any atom is 0.210 e. The number of hydrazine groups is 1. The quantitative estimate of drug-likeness (QED) is 0.348. The van der Waals surface area contributed by atoms with Gasteiger partial charge in [0.1, 0.15) is 0 Å². The van der Waals surface area contributed by atoms with Crippen molar-refractivity contribution in [2.45, 2.75) is 27.7 Å². The number of guanidine groups is 1. The molecule has 0 saturated carbocycles. The van der Waals surface area contributed by atoms with Crippen molar-refractivity contribution in [1.29, 1.82) is 0 Å². The molecule has 4 N–H and O–H groups in total. The summed E-state index contributed by atoms with van der Waals surface area (Å²) in [5, 5.41) is 3.21. The monoisotopic (exact) mass is 312 g/mol. The minimum Gasteiger partial charge on any atom is -0.324 e. The second kappa shape index (κ2) is 6.75. The lowest BCUT2D eigenvalue weighted by Crippen LogP contribution is -2.37. The Kier molecular flexibility index (Phi) is 5.62. The fourth-order valence-electron chi connectivity index (χ4n) is 1.59. The van der Waals surface area contributed by atoms with Crippen molar-refractivity contribution in [3.8, 4) is 0 Å². The molecule has 100 valence electrons. The molecule has 5 heteroatoms. The molecule has 18 heavy (non-hydrogen) atoms.